The molecule has 2 rings (SSSR count). The van der Waals surface area contributed by atoms with Crippen LogP contribution in [0.3, 0.4) is 0 Å². The Labute approximate surface area is 95.7 Å². The summed E-state index contributed by atoms with van der Waals surface area (Å²) in [5.41, 5.74) is 8.31. The Morgan fingerprint density at radius 1 is 1.50 bits per heavy atom. The predicted molar refractivity (Wildman–Crippen MR) is 64.1 cm³/mol. The minimum Gasteiger partial charge on any atom is -0.347 e. The third-order valence-electron chi connectivity index (χ3n) is 2.57. The van der Waals surface area contributed by atoms with Crippen molar-refractivity contribution in [3.63, 3.8) is 0 Å². The Morgan fingerprint density at radius 2 is 2.31 bits per heavy atom. The average molecular weight is 218 g/mol. The molecule has 0 fully saturated rings. The second-order valence-corrected chi connectivity index (χ2v) is 4.33. The van der Waals surface area contributed by atoms with Crippen molar-refractivity contribution in [2.45, 2.75) is 25.9 Å². The van der Waals surface area contributed by atoms with Gasteiger partial charge in [0.25, 0.3) is 0 Å². The molecule has 0 aliphatic heterocycles. The summed E-state index contributed by atoms with van der Waals surface area (Å²) in [6.07, 6.45) is 6.93. The van der Waals surface area contributed by atoms with Gasteiger partial charge in [-0.15, -0.1) is 0 Å². The number of hydrogen-bond acceptors (Lipinski definition) is 2. The van der Waals surface area contributed by atoms with Crippen LogP contribution >= 0.6 is 0 Å². The van der Waals surface area contributed by atoms with E-state index in [9.17, 15) is 0 Å². The van der Waals surface area contributed by atoms with Crippen LogP contribution in [0.2, 0.25) is 0 Å². The monoisotopic (exact) mass is 218 g/mol. The zero-order chi connectivity index (χ0) is 11.5. The highest BCUT2D eigenvalue weighted by atomic mass is 15.2. The lowest BCUT2D eigenvalue weighted by Gasteiger charge is -2.09. The highest BCUT2D eigenvalue weighted by Crippen LogP contribution is 2.08. The number of nitrogens with two attached hydrogens (primary N) is 1. The van der Waals surface area contributed by atoms with Gasteiger partial charge in [-0.05, 0) is 19.1 Å². The molecule has 0 saturated heterocycles. The van der Waals surface area contributed by atoms with Gasteiger partial charge in [0.1, 0.15) is 0 Å². The first kappa shape index (κ1) is 11.0. The second kappa shape index (κ2) is 4.53. The summed E-state index contributed by atoms with van der Waals surface area (Å²) in [6.45, 7) is 2.89. The summed E-state index contributed by atoms with van der Waals surface area (Å²) in [6, 6.07) is 4.39. The van der Waals surface area contributed by atoms with Crippen LogP contribution in [0.25, 0.3) is 0 Å². The van der Waals surface area contributed by atoms with Crippen molar-refractivity contribution in [2.24, 2.45) is 12.8 Å². The van der Waals surface area contributed by atoms with Crippen LogP contribution in [0, 0.1) is 0 Å². The average Bonchev–Trinajstić information content (AvgIpc) is 2.77. The normalized spacial score (nSPS) is 12.9. The van der Waals surface area contributed by atoms with Crippen LogP contribution < -0.4 is 5.73 Å². The van der Waals surface area contributed by atoms with Crippen molar-refractivity contribution in [3.05, 3.63) is 42.0 Å². The molecule has 1 atom stereocenters. The van der Waals surface area contributed by atoms with E-state index in [1.807, 2.05) is 31.0 Å². The smallest absolute Gasteiger partial charge is 0.0539 e. The van der Waals surface area contributed by atoms with E-state index in [-0.39, 0.29) is 6.04 Å². The Kier molecular flexibility index (Phi) is 3.10. The molecule has 2 N–H and O–H groups in total. The molecule has 0 aliphatic rings. The van der Waals surface area contributed by atoms with Gasteiger partial charge in [0.05, 0.1) is 12.7 Å². The summed E-state index contributed by atoms with van der Waals surface area (Å²) < 4.78 is 4.05. The molecule has 86 valence electrons. The minimum atomic E-state index is 0.197. The standard InChI is InChI=1S/C12H18N4/c1-10(13)6-12-4-3-5-16(12)9-11-7-14-15(2)8-11/h3-5,7-8,10H,6,9,13H2,1-2H3. The van der Waals surface area contributed by atoms with Crippen LogP contribution in [0.5, 0.6) is 0 Å². The SMILES string of the molecule is CC(N)Cc1cccn1Cc1cnn(C)c1. The van der Waals surface area contributed by atoms with E-state index >= 15 is 0 Å². The lowest BCUT2D eigenvalue weighted by Crippen LogP contribution is -2.20. The predicted octanol–water partition coefficient (Wildman–Crippen LogP) is 1.16. The summed E-state index contributed by atoms with van der Waals surface area (Å²) in [7, 11) is 1.93. The molecular formula is C12H18N4. The van der Waals surface area contributed by atoms with Gasteiger partial charge >= 0.3 is 0 Å². The zero-order valence-corrected chi connectivity index (χ0v) is 9.80. The quantitative estimate of drug-likeness (QED) is 0.837. The number of aryl methyl sites for hydroxylation is 1. The van der Waals surface area contributed by atoms with E-state index in [0.717, 1.165) is 13.0 Å². The van der Waals surface area contributed by atoms with Crippen molar-refractivity contribution in [2.75, 3.05) is 0 Å². The first-order chi connectivity index (χ1) is 7.65. The number of nitrogens with zero attached hydrogens (tertiary/aromatic N) is 3. The highest BCUT2D eigenvalue weighted by Gasteiger charge is 2.05. The van der Waals surface area contributed by atoms with E-state index in [2.05, 4.69) is 28.0 Å². The van der Waals surface area contributed by atoms with Gasteiger partial charge in [-0.3, -0.25) is 4.68 Å². The molecule has 2 heterocycles. The summed E-state index contributed by atoms with van der Waals surface area (Å²) >= 11 is 0. The van der Waals surface area contributed by atoms with Gasteiger partial charge in [0, 0.05) is 43.2 Å². The van der Waals surface area contributed by atoms with Gasteiger partial charge < -0.3 is 10.3 Å². The molecule has 0 spiro atoms. The van der Waals surface area contributed by atoms with Crippen molar-refractivity contribution >= 4 is 0 Å². The fourth-order valence-corrected chi connectivity index (χ4v) is 1.87. The number of hydrogen-bond donors (Lipinski definition) is 1. The Bertz CT molecular complexity index is 453. The molecule has 16 heavy (non-hydrogen) atoms. The molecule has 0 bridgehead atoms. The lowest BCUT2D eigenvalue weighted by molar-refractivity contribution is 0.666. The molecule has 0 saturated carbocycles. The van der Waals surface area contributed by atoms with Gasteiger partial charge in [0.2, 0.25) is 0 Å². The molecule has 0 amide bonds. The van der Waals surface area contributed by atoms with Crippen LogP contribution in [0.1, 0.15) is 18.2 Å². The fraction of sp³-hybridized carbons (Fsp3) is 0.417. The fourth-order valence-electron chi connectivity index (χ4n) is 1.87. The summed E-state index contributed by atoms with van der Waals surface area (Å²) in [5.74, 6) is 0. The van der Waals surface area contributed by atoms with Gasteiger partial charge in [-0.1, -0.05) is 0 Å². The summed E-state index contributed by atoms with van der Waals surface area (Å²) in [4.78, 5) is 0. The van der Waals surface area contributed by atoms with E-state index in [1.54, 1.807) is 0 Å². The van der Waals surface area contributed by atoms with Crippen LogP contribution in [-0.4, -0.2) is 20.4 Å². The van der Waals surface area contributed by atoms with Gasteiger partial charge in [-0.2, -0.15) is 5.10 Å². The number of rotatable bonds is 4. The third-order valence-corrected chi connectivity index (χ3v) is 2.57. The summed E-state index contributed by atoms with van der Waals surface area (Å²) in [5, 5.41) is 4.17. The zero-order valence-electron chi connectivity index (χ0n) is 9.80. The maximum absolute atomic E-state index is 5.82. The highest BCUT2D eigenvalue weighted by molar-refractivity contribution is 5.13. The van der Waals surface area contributed by atoms with Gasteiger partial charge in [0.15, 0.2) is 0 Å². The van der Waals surface area contributed by atoms with Crippen LogP contribution in [-0.2, 0) is 20.0 Å². The molecule has 4 heteroatoms. The topological polar surface area (TPSA) is 48.8 Å². The molecule has 0 aromatic carbocycles. The minimum absolute atomic E-state index is 0.197. The lowest BCUT2D eigenvalue weighted by atomic mass is 10.2. The molecule has 2 aromatic heterocycles. The third kappa shape index (κ3) is 2.52. The van der Waals surface area contributed by atoms with Crippen molar-refractivity contribution in [3.8, 4) is 0 Å². The second-order valence-electron chi connectivity index (χ2n) is 4.33. The Hall–Kier alpha value is -1.55. The van der Waals surface area contributed by atoms with Crippen molar-refractivity contribution in [1.82, 2.24) is 14.3 Å². The largest absolute Gasteiger partial charge is 0.347 e. The van der Waals surface area contributed by atoms with Crippen LogP contribution in [0.15, 0.2) is 30.7 Å². The first-order valence-corrected chi connectivity index (χ1v) is 5.52. The molecule has 0 aliphatic carbocycles. The molecule has 4 nitrogen and oxygen atoms in total. The van der Waals surface area contributed by atoms with Gasteiger partial charge in [-0.25, -0.2) is 0 Å². The molecule has 0 radical (unpaired) electrons. The van der Waals surface area contributed by atoms with E-state index in [0.29, 0.717) is 0 Å². The maximum atomic E-state index is 5.82. The first-order valence-electron chi connectivity index (χ1n) is 5.52. The molecular weight excluding hydrogens is 200 g/mol. The van der Waals surface area contributed by atoms with E-state index in [1.165, 1.54) is 11.3 Å². The van der Waals surface area contributed by atoms with Crippen LogP contribution in [0.4, 0.5) is 0 Å². The maximum Gasteiger partial charge on any atom is 0.0539 e. The number of aromatic nitrogens is 3. The molecule has 2 aromatic rings. The molecule has 1 unspecified atom stereocenters. The Morgan fingerprint density at radius 3 is 2.94 bits per heavy atom. The Balaban J connectivity index is 2.12. The van der Waals surface area contributed by atoms with E-state index in [4.69, 9.17) is 5.73 Å². The van der Waals surface area contributed by atoms with E-state index < -0.39 is 0 Å². The van der Waals surface area contributed by atoms with Crippen molar-refractivity contribution in [1.29, 1.82) is 0 Å². The van der Waals surface area contributed by atoms with Crippen molar-refractivity contribution < 1.29 is 0 Å².